The maximum Gasteiger partial charge on any atom is 0.328 e. The summed E-state index contributed by atoms with van der Waals surface area (Å²) in [6.07, 6.45) is 2.80. The molecule has 0 aliphatic rings. The molecular weight excluding hydrogens is 237 g/mol. The number of carbonyl (C=O) groups excluding carboxylic acids is 2. The fourth-order valence-corrected chi connectivity index (χ4v) is 1.24. The first kappa shape index (κ1) is 13.9. The van der Waals surface area contributed by atoms with Gasteiger partial charge in [0.15, 0.2) is 0 Å². The van der Waals surface area contributed by atoms with Crippen LogP contribution < -0.4 is 5.32 Å². The SMILES string of the molecule is COC(=O)[C@@H](C)NC(=O)/C=C/c1ccc(F)cc1. The van der Waals surface area contributed by atoms with Crippen LogP contribution >= 0.6 is 0 Å². The number of carbonyl (C=O) groups is 2. The summed E-state index contributed by atoms with van der Waals surface area (Å²) < 4.78 is 17.1. The molecule has 0 fully saturated rings. The van der Waals surface area contributed by atoms with Gasteiger partial charge in [0, 0.05) is 6.08 Å². The van der Waals surface area contributed by atoms with Crippen molar-refractivity contribution in [2.24, 2.45) is 0 Å². The van der Waals surface area contributed by atoms with E-state index in [0.717, 1.165) is 0 Å². The molecule has 1 rings (SSSR count). The van der Waals surface area contributed by atoms with Crippen LogP contribution in [0.3, 0.4) is 0 Å². The fraction of sp³-hybridized carbons (Fsp3) is 0.231. The standard InChI is InChI=1S/C13H14FNO3/c1-9(13(17)18-2)15-12(16)8-5-10-3-6-11(14)7-4-10/h3-9H,1-2H3,(H,15,16)/b8-5+/t9-/m1/s1. The highest BCUT2D eigenvalue weighted by atomic mass is 19.1. The van der Waals surface area contributed by atoms with Gasteiger partial charge in [-0.15, -0.1) is 0 Å². The van der Waals surface area contributed by atoms with Gasteiger partial charge in [0.2, 0.25) is 5.91 Å². The van der Waals surface area contributed by atoms with Gasteiger partial charge in [0.1, 0.15) is 11.9 Å². The molecule has 96 valence electrons. The van der Waals surface area contributed by atoms with E-state index in [1.165, 1.54) is 38.3 Å². The van der Waals surface area contributed by atoms with Gasteiger partial charge in [-0.1, -0.05) is 12.1 Å². The normalized spacial score (nSPS) is 12.2. The molecular formula is C13H14FNO3. The van der Waals surface area contributed by atoms with E-state index in [1.54, 1.807) is 12.1 Å². The van der Waals surface area contributed by atoms with E-state index in [9.17, 15) is 14.0 Å². The molecule has 0 saturated heterocycles. The average Bonchev–Trinajstić information content (AvgIpc) is 2.37. The number of rotatable bonds is 4. The van der Waals surface area contributed by atoms with Crippen LogP contribution in [0.5, 0.6) is 0 Å². The molecule has 0 heterocycles. The molecule has 0 aliphatic carbocycles. The predicted molar refractivity (Wildman–Crippen MR) is 65.1 cm³/mol. The Morgan fingerprint density at radius 2 is 1.94 bits per heavy atom. The number of amides is 1. The molecule has 0 radical (unpaired) electrons. The van der Waals surface area contributed by atoms with E-state index >= 15 is 0 Å². The molecule has 1 aromatic rings. The van der Waals surface area contributed by atoms with E-state index < -0.39 is 17.9 Å². The maximum absolute atomic E-state index is 12.6. The Balaban J connectivity index is 2.54. The lowest BCUT2D eigenvalue weighted by Crippen LogP contribution is -2.38. The van der Waals surface area contributed by atoms with E-state index in [4.69, 9.17) is 0 Å². The van der Waals surface area contributed by atoms with E-state index in [1.807, 2.05) is 0 Å². The Hall–Kier alpha value is -2.17. The number of hydrogen-bond acceptors (Lipinski definition) is 3. The number of esters is 1. The number of nitrogens with one attached hydrogen (secondary N) is 1. The van der Waals surface area contributed by atoms with Crippen molar-refractivity contribution >= 4 is 18.0 Å². The molecule has 1 aromatic carbocycles. The Bertz CT molecular complexity index is 454. The minimum Gasteiger partial charge on any atom is -0.467 e. The molecule has 1 amide bonds. The molecule has 5 heteroatoms. The van der Waals surface area contributed by atoms with Crippen molar-refractivity contribution < 1.29 is 18.7 Å². The van der Waals surface area contributed by atoms with Gasteiger partial charge in [0.05, 0.1) is 7.11 Å². The summed E-state index contributed by atoms with van der Waals surface area (Å²) in [5, 5.41) is 2.44. The highest BCUT2D eigenvalue weighted by molar-refractivity contribution is 5.94. The van der Waals surface area contributed by atoms with Crippen molar-refractivity contribution in [3.05, 3.63) is 41.7 Å². The first-order chi connectivity index (χ1) is 8.52. The first-order valence-corrected chi connectivity index (χ1v) is 5.35. The number of hydrogen-bond donors (Lipinski definition) is 1. The van der Waals surface area contributed by atoms with Crippen molar-refractivity contribution in [2.45, 2.75) is 13.0 Å². The van der Waals surface area contributed by atoms with Crippen molar-refractivity contribution in [3.8, 4) is 0 Å². The third-order valence-electron chi connectivity index (χ3n) is 2.21. The smallest absolute Gasteiger partial charge is 0.328 e. The Morgan fingerprint density at radius 1 is 1.33 bits per heavy atom. The average molecular weight is 251 g/mol. The van der Waals surface area contributed by atoms with Gasteiger partial charge in [-0.25, -0.2) is 9.18 Å². The second kappa shape index (κ2) is 6.54. The number of benzene rings is 1. The summed E-state index contributed by atoms with van der Waals surface area (Å²) >= 11 is 0. The Labute approximate surface area is 104 Å². The monoisotopic (exact) mass is 251 g/mol. The molecule has 0 bridgehead atoms. The maximum atomic E-state index is 12.6. The number of methoxy groups -OCH3 is 1. The second-order valence-electron chi connectivity index (χ2n) is 3.64. The summed E-state index contributed by atoms with van der Waals surface area (Å²) in [5.74, 6) is -1.27. The van der Waals surface area contributed by atoms with Crippen LogP contribution in [0, 0.1) is 5.82 Å². The van der Waals surface area contributed by atoms with Gasteiger partial charge in [0.25, 0.3) is 0 Å². The summed E-state index contributed by atoms with van der Waals surface area (Å²) in [6, 6.07) is 4.98. The van der Waals surface area contributed by atoms with Crippen LogP contribution in [-0.4, -0.2) is 25.0 Å². The van der Waals surface area contributed by atoms with Crippen molar-refractivity contribution in [1.29, 1.82) is 0 Å². The van der Waals surface area contributed by atoms with Crippen LogP contribution in [0.2, 0.25) is 0 Å². The lowest BCUT2D eigenvalue weighted by Gasteiger charge is -2.09. The van der Waals surface area contributed by atoms with Gasteiger partial charge in [-0.3, -0.25) is 4.79 Å². The molecule has 18 heavy (non-hydrogen) atoms. The van der Waals surface area contributed by atoms with E-state index in [0.29, 0.717) is 5.56 Å². The van der Waals surface area contributed by atoms with Gasteiger partial charge in [-0.2, -0.15) is 0 Å². The predicted octanol–water partition coefficient (Wildman–Crippen LogP) is 1.52. The van der Waals surface area contributed by atoms with Crippen molar-refractivity contribution in [1.82, 2.24) is 5.32 Å². The molecule has 4 nitrogen and oxygen atoms in total. The lowest BCUT2D eigenvalue weighted by atomic mass is 10.2. The van der Waals surface area contributed by atoms with Gasteiger partial charge >= 0.3 is 5.97 Å². The highest BCUT2D eigenvalue weighted by Crippen LogP contribution is 2.04. The Morgan fingerprint density at radius 3 is 2.50 bits per heavy atom. The minimum atomic E-state index is -0.708. The third-order valence-corrected chi connectivity index (χ3v) is 2.21. The largest absolute Gasteiger partial charge is 0.467 e. The fourth-order valence-electron chi connectivity index (χ4n) is 1.24. The molecule has 0 aliphatic heterocycles. The molecule has 0 unspecified atom stereocenters. The van der Waals surface area contributed by atoms with Crippen LogP contribution in [-0.2, 0) is 14.3 Å². The van der Waals surface area contributed by atoms with E-state index in [-0.39, 0.29) is 5.82 Å². The van der Waals surface area contributed by atoms with Gasteiger partial charge in [-0.05, 0) is 30.7 Å². The summed E-state index contributed by atoms with van der Waals surface area (Å²) in [7, 11) is 1.25. The molecule has 0 saturated carbocycles. The molecule has 1 atom stereocenters. The molecule has 1 N–H and O–H groups in total. The van der Waals surface area contributed by atoms with Crippen LogP contribution in [0.1, 0.15) is 12.5 Å². The van der Waals surface area contributed by atoms with Crippen LogP contribution in [0.25, 0.3) is 6.08 Å². The molecule has 0 aromatic heterocycles. The third kappa shape index (κ3) is 4.37. The van der Waals surface area contributed by atoms with Crippen molar-refractivity contribution in [2.75, 3.05) is 7.11 Å². The molecule has 0 spiro atoms. The Kier molecular flexibility index (Phi) is 5.05. The number of ether oxygens (including phenoxy) is 1. The zero-order valence-corrected chi connectivity index (χ0v) is 10.1. The highest BCUT2D eigenvalue weighted by Gasteiger charge is 2.13. The number of halogens is 1. The lowest BCUT2D eigenvalue weighted by molar-refractivity contribution is -0.144. The summed E-state index contributed by atoms with van der Waals surface area (Å²) in [4.78, 5) is 22.5. The second-order valence-corrected chi connectivity index (χ2v) is 3.64. The quantitative estimate of drug-likeness (QED) is 0.652. The van der Waals surface area contributed by atoms with Crippen molar-refractivity contribution in [3.63, 3.8) is 0 Å². The first-order valence-electron chi connectivity index (χ1n) is 5.35. The zero-order valence-electron chi connectivity index (χ0n) is 10.1. The van der Waals surface area contributed by atoms with Gasteiger partial charge < -0.3 is 10.1 Å². The summed E-state index contributed by atoms with van der Waals surface area (Å²) in [5.41, 5.74) is 0.692. The van der Waals surface area contributed by atoms with E-state index in [2.05, 4.69) is 10.1 Å². The topological polar surface area (TPSA) is 55.4 Å². The summed E-state index contributed by atoms with van der Waals surface area (Å²) in [6.45, 7) is 1.52. The minimum absolute atomic E-state index is 0.337. The van der Waals surface area contributed by atoms with Crippen LogP contribution in [0.4, 0.5) is 4.39 Å². The zero-order chi connectivity index (χ0) is 13.5. The van der Waals surface area contributed by atoms with Crippen LogP contribution in [0.15, 0.2) is 30.3 Å².